The summed E-state index contributed by atoms with van der Waals surface area (Å²) in [5, 5.41) is 0. The molecule has 1 heterocycles. The van der Waals surface area contributed by atoms with Crippen LogP contribution in [0.4, 0.5) is 0 Å². The second-order valence-corrected chi connectivity index (χ2v) is 3.76. The Balaban J connectivity index is 2.98. The lowest BCUT2D eigenvalue weighted by Gasteiger charge is -2.11. The standard InChI is InChI=1S/C10H17N3O2/c1-4-8-7-13(6-5-12(2)3)10(15)11-9(8)14/h7H,4-6H2,1-3H3,(H,11,14,15). The maximum atomic E-state index is 11.4. The summed E-state index contributed by atoms with van der Waals surface area (Å²) in [5.74, 6) is 0. The minimum Gasteiger partial charge on any atom is -0.308 e. The van der Waals surface area contributed by atoms with Crippen LogP contribution in [-0.2, 0) is 13.0 Å². The molecule has 0 radical (unpaired) electrons. The van der Waals surface area contributed by atoms with Crippen LogP contribution in [-0.4, -0.2) is 35.1 Å². The van der Waals surface area contributed by atoms with Gasteiger partial charge in [0.25, 0.3) is 5.56 Å². The molecule has 1 rings (SSSR count). The van der Waals surface area contributed by atoms with Crippen molar-refractivity contribution in [1.82, 2.24) is 14.5 Å². The summed E-state index contributed by atoms with van der Waals surface area (Å²) in [6.07, 6.45) is 2.28. The fraction of sp³-hybridized carbons (Fsp3) is 0.600. The second-order valence-electron chi connectivity index (χ2n) is 3.76. The Morgan fingerprint density at radius 3 is 2.60 bits per heavy atom. The van der Waals surface area contributed by atoms with Gasteiger partial charge >= 0.3 is 5.69 Å². The van der Waals surface area contributed by atoms with E-state index in [4.69, 9.17) is 0 Å². The van der Waals surface area contributed by atoms with Crippen molar-refractivity contribution in [3.8, 4) is 0 Å². The summed E-state index contributed by atoms with van der Waals surface area (Å²) in [5.41, 5.74) is 0.0380. The molecule has 0 bridgehead atoms. The third-order valence-corrected chi connectivity index (χ3v) is 2.25. The average molecular weight is 211 g/mol. The summed E-state index contributed by atoms with van der Waals surface area (Å²) in [4.78, 5) is 27.0. The molecule has 0 fully saturated rings. The molecule has 0 aliphatic rings. The minimum absolute atomic E-state index is 0.274. The van der Waals surface area contributed by atoms with E-state index in [0.717, 1.165) is 6.54 Å². The number of aromatic amines is 1. The number of aryl methyl sites for hydroxylation is 1. The number of nitrogens with zero attached hydrogens (tertiary/aromatic N) is 2. The zero-order chi connectivity index (χ0) is 11.4. The fourth-order valence-electron chi connectivity index (χ4n) is 1.28. The minimum atomic E-state index is -0.334. The molecule has 0 unspecified atom stereocenters. The van der Waals surface area contributed by atoms with Crippen molar-refractivity contribution in [1.29, 1.82) is 0 Å². The van der Waals surface area contributed by atoms with E-state index in [1.54, 1.807) is 10.8 Å². The molecule has 84 valence electrons. The molecule has 0 amide bonds. The van der Waals surface area contributed by atoms with Crippen molar-refractivity contribution in [3.63, 3.8) is 0 Å². The Morgan fingerprint density at radius 1 is 1.40 bits per heavy atom. The quantitative estimate of drug-likeness (QED) is 0.741. The molecule has 15 heavy (non-hydrogen) atoms. The van der Waals surface area contributed by atoms with Gasteiger partial charge in [-0.1, -0.05) is 6.92 Å². The zero-order valence-electron chi connectivity index (χ0n) is 9.41. The van der Waals surface area contributed by atoms with Crippen LogP contribution >= 0.6 is 0 Å². The predicted octanol–water partition coefficient (Wildman–Crippen LogP) is -0.339. The van der Waals surface area contributed by atoms with E-state index < -0.39 is 0 Å². The lowest BCUT2D eigenvalue weighted by atomic mass is 10.3. The number of nitrogens with one attached hydrogen (secondary N) is 1. The van der Waals surface area contributed by atoms with Gasteiger partial charge in [-0.25, -0.2) is 4.79 Å². The zero-order valence-corrected chi connectivity index (χ0v) is 9.41. The Labute approximate surface area is 88.4 Å². The maximum Gasteiger partial charge on any atom is 0.328 e. The first kappa shape index (κ1) is 11.7. The summed E-state index contributed by atoms with van der Waals surface area (Å²) in [6.45, 7) is 3.26. The van der Waals surface area contributed by atoms with Crippen LogP contribution in [0.5, 0.6) is 0 Å². The van der Waals surface area contributed by atoms with Crippen LogP contribution in [0.2, 0.25) is 0 Å². The molecule has 0 atom stereocenters. The molecule has 5 heteroatoms. The van der Waals surface area contributed by atoms with E-state index in [-0.39, 0.29) is 11.2 Å². The van der Waals surface area contributed by atoms with E-state index in [1.165, 1.54) is 0 Å². The molecule has 1 aromatic heterocycles. The normalized spacial score (nSPS) is 10.9. The summed E-state index contributed by atoms with van der Waals surface area (Å²) >= 11 is 0. The van der Waals surface area contributed by atoms with Crippen molar-refractivity contribution in [2.75, 3.05) is 20.6 Å². The first-order valence-electron chi connectivity index (χ1n) is 5.02. The Bertz CT molecular complexity index is 431. The molecule has 0 spiro atoms. The number of aromatic nitrogens is 2. The van der Waals surface area contributed by atoms with Gasteiger partial charge in [0.2, 0.25) is 0 Å². The van der Waals surface area contributed by atoms with Crippen molar-refractivity contribution in [2.24, 2.45) is 0 Å². The van der Waals surface area contributed by atoms with Crippen molar-refractivity contribution >= 4 is 0 Å². The predicted molar refractivity (Wildman–Crippen MR) is 59.3 cm³/mol. The van der Waals surface area contributed by atoms with Crippen LogP contribution in [0.1, 0.15) is 12.5 Å². The molecular weight excluding hydrogens is 194 g/mol. The average Bonchev–Trinajstić information content (AvgIpc) is 2.16. The van der Waals surface area contributed by atoms with Crippen LogP contribution < -0.4 is 11.2 Å². The number of hydrogen-bond donors (Lipinski definition) is 1. The highest BCUT2D eigenvalue weighted by Gasteiger charge is 2.02. The lowest BCUT2D eigenvalue weighted by molar-refractivity contribution is 0.378. The third kappa shape index (κ3) is 3.06. The van der Waals surface area contributed by atoms with Gasteiger partial charge in [0.15, 0.2) is 0 Å². The smallest absolute Gasteiger partial charge is 0.308 e. The number of H-pyrrole nitrogens is 1. The number of likely N-dealkylation sites (N-methyl/N-ethyl adjacent to an activating group) is 1. The van der Waals surface area contributed by atoms with Gasteiger partial charge < -0.3 is 4.90 Å². The largest absolute Gasteiger partial charge is 0.328 e. The van der Waals surface area contributed by atoms with Gasteiger partial charge in [0.1, 0.15) is 0 Å². The second kappa shape index (κ2) is 4.93. The third-order valence-electron chi connectivity index (χ3n) is 2.25. The summed E-state index contributed by atoms with van der Waals surface area (Å²) < 4.78 is 1.54. The fourth-order valence-corrected chi connectivity index (χ4v) is 1.28. The van der Waals surface area contributed by atoms with Crippen molar-refractivity contribution in [2.45, 2.75) is 19.9 Å². The maximum absolute atomic E-state index is 11.4. The molecule has 1 N–H and O–H groups in total. The van der Waals surface area contributed by atoms with Gasteiger partial charge in [-0.05, 0) is 20.5 Å². The Hall–Kier alpha value is -1.36. The van der Waals surface area contributed by atoms with Crippen molar-refractivity contribution in [3.05, 3.63) is 32.6 Å². The summed E-state index contributed by atoms with van der Waals surface area (Å²) in [7, 11) is 3.88. The van der Waals surface area contributed by atoms with Gasteiger partial charge in [-0.3, -0.25) is 14.3 Å². The molecule has 0 aromatic carbocycles. The highest BCUT2D eigenvalue weighted by molar-refractivity contribution is 5.03. The van der Waals surface area contributed by atoms with Gasteiger partial charge in [-0.2, -0.15) is 0 Å². The highest BCUT2D eigenvalue weighted by atomic mass is 16.2. The van der Waals surface area contributed by atoms with E-state index in [1.807, 2.05) is 25.9 Å². The van der Waals surface area contributed by atoms with Crippen LogP contribution in [0.3, 0.4) is 0 Å². The Morgan fingerprint density at radius 2 is 2.07 bits per heavy atom. The van der Waals surface area contributed by atoms with E-state index in [0.29, 0.717) is 18.5 Å². The molecule has 0 aliphatic carbocycles. The topological polar surface area (TPSA) is 58.1 Å². The first-order valence-corrected chi connectivity index (χ1v) is 5.02. The SMILES string of the molecule is CCc1cn(CCN(C)C)c(=O)[nH]c1=O. The van der Waals surface area contributed by atoms with Gasteiger partial charge in [0, 0.05) is 24.8 Å². The summed E-state index contributed by atoms with van der Waals surface area (Å²) in [6, 6.07) is 0. The molecule has 0 saturated heterocycles. The van der Waals surface area contributed by atoms with Gasteiger partial charge in [-0.15, -0.1) is 0 Å². The van der Waals surface area contributed by atoms with Crippen LogP contribution in [0.25, 0.3) is 0 Å². The molecule has 5 nitrogen and oxygen atoms in total. The number of hydrogen-bond acceptors (Lipinski definition) is 3. The van der Waals surface area contributed by atoms with Gasteiger partial charge in [0.05, 0.1) is 0 Å². The molecular formula is C10H17N3O2. The highest BCUT2D eigenvalue weighted by Crippen LogP contribution is 1.89. The molecule has 0 aliphatic heterocycles. The van der Waals surface area contributed by atoms with E-state index >= 15 is 0 Å². The lowest BCUT2D eigenvalue weighted by Crippen LogP contribution is -2.34. The van der Waals surface area contributed by atoms with Crippen molar-refractivity contribution < 1.29 is 0 Å². The number of rotatable bonds is 4. The molecule has 1 aromatic rings. The van der Waals surface area contributed by atoms with E-state index in [9.17, 15) is 9.59 Å². The first-order chi connectivity index (χ1) is 7.04. The van der Waals surface area contributed by atoms with Crippen LogP contribution in [0, 0.1) is 0 Å². The van der Waals surface area contributed by atoms with Crippen LogP contribution in [0.15, 0.2) is 15.8 Å². The molecule has 0 saturated carbocycles. The monoisotopic (exact) mass is 211 g/mol. The Kier molecular flexibility index (Phi) is 3.85. The van der Waals surface area contributed by atoms with E-state index in [2.05, 4.69) is 4.98 Å².